The van der Waals surface area contributed by atoms with Gasteiger partial charge in [0.15, 0.2) is 0 Å². The molecular formula is C28H36N4O4. The number of nitrogens with one attached hydrogen (secondary N) is 1. The van der Waals surface area contributed by atoms with E-state index in [1.165, 1.54) is 32.1 Å². The highest BCUT2D eigenvalue weighted by molar-refractivity contribution is 5.96. The van der Waals surface area contributed by atoms with E-state index in [4.69, 9.17) is 0 Å². The molecular weight excluding hydrogens is 456 g/mol. The van der Waals surface area contributed by atoms with Crippen molar-refractivity contribution in [2.45, 2.75) is 64.0 Å². The van der Waals surface area contributed by atoms with Gasteiger partial charge in [-0.15, -0.1) is 0 Å². The molecule has 4 rings (SSSR count). The molecule has 1 aliphatic carbocycles. The summed E-state index contributed by atoms with van der Waals surface area (Å²) in [6, 6.07) is 8.45. The molecule has 0 radical (unpaired) electrons. The van der Waals surface area contributed by atoms with Gasteiger partial charge in [-0.2, -0.15) is 0 Å². The molecule has 0 saturated heterocycles. The van der Waals surface area contributed by atoms with Crippen LogP contribution in [0, 0.1) is 5.92 Å². The minimum absolute atomic E-state index is 0.117. The fourth-order valence-electron chi connectivity index (χ4n) is 5.22. The van der Waals surface area contributed by atoms with E-state index in [0.29, 0.717) is 36.8 Å². The number of hydrogen-bond acceptors (Lipinski definition) is 5. The Bertz CT molecular complexity index is 1070. The molecule has 1 atom stereocenters. The molecule has 0 bridgehead atoms. The van der Waals surface area contributed by atoms with Crippen LogP contribution >= 0.6 is 0 Å². The van der Waals surface area contributed by atoms with E-state index in [0.717, 1.165) is 24.0 Å². The highest BCUT2D eigenvalue weighted by Crippen LogP contribution is 2.29. The van der Waals surface area contributed by atoms with Gasteiger partial charge in [0.25, 0.3) is 5.91 Å². The van der Waals surface area contributed by atoms with Crippen LogP contribution in [0.3, 0.4) is 0 Å². The maximum atomic E-state index is 13.3. The lowest BCUT2D eigenvalue weighted by atomic mass is 9.87. The summed E-state index contributed by atoms with van der Waals surface area (Å²) in [5, 5.41) is 12.6. The third kappa shape index (κ3) is 6.62. The summed E-state index contributed by atoms with van der Waals surface area (Å²) in [5.41, 5.74) is 3.17. The monoisotopic (exact) mass is 492 g/mol. The van der Waals surface area contributed by atoms with Crippen molar-refractivity contribution in [2.75, 3.05) is 25.5 Å². The lowest BCUT2D eigenvalue weighted by molar-refractivity contribution is -0.141. The minimum atomic E-state index is -1.03. The lowest BCUT2D eigenvalue weighted by Crippen LogP contribution is -2.42. The summed E-state index contributed by atoms with van der Waals surface area (Å²) in [6.07, 6.45) is 11.0. The van der Waals surface area contributed by atoms with Gasteiger partial charge in [0.05, 0.1) is 6.42 Å². The number of anilines is 1. The summed E-state index contributed by atoms with van der Waals surface area (Å²) < 4.78 is 0. The first-order valence-corrected chi connectivity index (χ1v) is 12.9. The molecule has 2 heterocycles. The van der Waals surface area contributed by atoms with E-state index in [2.05, 4.69) is 10.3 Å². The number of likely N-dealkylation sites (N-methyl/N-ethyl adjacent to an activating group) is 1. The van der Waals surface area contributed by atoms with E-state index in [1.807, 2.05) is 18.2 Å². The van der Waals surface area contributed by atoms with Crippen molar-refractivity contribution in [1.29, 1.82) is 0 Å². The maximum absolute atomic E-state index is 13.3. The van der Waals surface area contributed by atoms with Crippen LogP contribution in [-0.2, 0) is 22.6 Å². The normalized spacial score (nSPS) is 18.2. The fourth-order valence-corrected chi connectivity index (χ4v) is 5.22. The molecule has 1 fully saturated rings. The molecule has 2 aromatic rings. The van der Waals surface area contributed by atoms with Gasteiger partial charge < -0.3 is 20.2 Å². The third-order valence-electron chi connectivity index (χ3n) is 7.40. The van der Waals surface area contributed by atoms with Crippen LogP contribution in [0.5, 0.6) is 0 Å². The van der Waals surface area contributed by atoms with E-state index < -0.39 is 12.0 Å². The van der Waals surface area contributed by atoms with E-state index in [-0.39, 0.29) is 18.2 Å². The van der Waals surface area contributed by atoms with Crippen LogP contribution in [0.2, 0.25) is 0 Å². The summed E-state index contributed by atoms with van der Waals surface area (Å²) in [7, 11) is 1.77. The Hall–Kier alpha value is -3.42. The summed E-state index contributed by atoms with van der Waals surface area (Å²) in [6.45, 7) is 1.60. The Morgan fingerprint density at radius 2 is 1.89 bits per heavy atom. The number of carboxylic acids is 1. The number of aliphatic carboxylic acids is 1. The van der Waals surface area contributed by atoms with E-state index in [9.17, 15) is 19.5 Å². The molecule has 1 aromatic carbocycles. The minimum Gasteiger partial charge on any atom is -0.481 e. The average molecular weight is 493 g/mol. The van der Waals surface area contributed by atoms with Gasteiger partial charge >= 0.3 is 5.97 Å². The zero-order chi connectivity index (χ0) is 25.5. The van der Waals surface area contributed by atoms with Crippen molar-refractivity contribution >= 4 is 23.5 Å². The Kier molecular flexibility index (Phi) is 8.57. The molecule has 2 amide bonds. The molecule has 192 valence electrons. The van der Waals surface area contributed by atoms with Crippen LogP contribution in [0.1, 0.15) is 66.4 Å². The Labute approximate surface area is 212 Å². The van der Waals surface area contributed by atoms with Crippen molar-refractivity contribution < 1.29 is 19.5 Å². The molecule has 1 saturated carbocycles. The highest BCUT2D eigenvalue weighted by Gasteiger charge is 2.31. The molecule has 1 aliphatic heterocycles. The first-order valence-electron chi connectivity index (χ1n) is 12.9. The molecule has 2 N–H and O–H groups in total. The van der Waals surface area contributed by atoms with Crippen LogP contribution in [0.15, 0.2) is 42.7 Å². The number of pyridine rings is 1. The van der Waals surface area contributed by atoms with Gasteiger partial charge in [-0.1, -0.05) is 38.2 Å². The zero-order valence-electron chi connectivity index (χ0n) is 21.0. The lowest BCUT2D eigenvalue weighted by Gasteiger charge is -2.27. The van der Waals surface area contributed by atoms with Crippen molar-refractivity contribution in [2.24, 2.45) is 5.92 Å². The van der Waals surface area contributed by atoms with Crippen LogP contribution < -0.4 is 5.32 Å². The predicted molar refractivity (Wildman–Crippen MR) is 138 cm³/mol. The van der Waals surface area contributed by atoms with E-state index in [1.54, 1.807) is 41.4 Å². The number of carboxylic acid groups (broad SMARTS) is 1. The number of benzene rings is 1. The summed E-state index contributed by atoms with van der Waals surface area (Å²) in [4.78, 5) is 45.4. The quantitative estimate of drug-likeness (QED) is 0.549. The van der Waals surface area contributed by atoms with Crippen LogP contribution in [0.4, 0.5) is 5.69 Å². The van der Waals surface area contributed by atoms with Gasteiger partial charge in [0.1, 0.15) is 6.04 Å². The second-order valence-corrected chi connectivity index (χ2v) is 10.1. The second kappa shape index (κ2) is 12.0. The Morgan fingerprint density at radius 1 is 1.14 bits per heavy atom. The highest BCUT2D eigenvalue weighted by atomic mass is 16.4. The summed E-state index contributed by atoms with van der Waals surface area (Å²) >= 11 is 0. The van der Waals surface area contributed by atoms with E-state index >= 15 is 0 Å². The number of carbonyl (C=O) groups excluding carboxylic acids is 2. The SMILES string of the molecule is CN(CCc1ccncc1)C(=O)c1ccc2c(c1)NC(CC(=O)O)C(=O)N(CCC1CCCCC1)C2. The first-order chi connectivity index (χ1) is 17.4. The number of fused-ring (bicyclic) bond motifs is 1. The average Bonchev–Trinajstić information content (AvgIpc) is 3.02. The topological polar surface area (TPSA) is 103 Å². The number of nitrogens with zero attached hydrogens (tertiary/aromatic N) is 3. The largest absolute Gasteiger partial charge is 0.481 e. The zero-order valence-corrected chi connectivity index (χ0v) is 21.0. The number of carbonyl (C=O) groups is 3. The van der Waals surface area contributed by atoms with Crippen LogP contribution in [-0.4, -0.2) is 63.9 Å². The van der Waals surface area contributed by atoms with Gasteiger partial charge in [0, 0.05) is 50.3 Å². The fraction of sp³-hybridized carbons (Fsp3) is 0.500. The number of aromatic nitrogens is 1. The molecule has 1 aromatic heterocycles. The molecule has 36 heavy (non-hydrogen) atoms. The van der Waals surface area contributed by atoms with Gasteiger partial charge in [-0.3, -0.25) is 19.4 Å². The third-order valence-corrected chi connectivity index (χ3v) is 7.40. The molecule has 2 aliphatic rings. The molecule has 8 heteroatoms. The van der Waals surface area contributed by atoms with Crippen LogP contribution in [0.25, 0.3) is 0 Å². The molecule has 1 unspecified atom stereocenters. The molecule has 8 nitrogen and oxygen atoms in total. The first kappa shape index (κ1) is 25.7. The van der Waals surface area contributed by atoms with Crippen molar-refractivity contribution in [3.05, 3.63) is 59.4 Å². The maximum Gasteiger partial charge on any atom is 0.305 e. The number of rotatable bonds is 9. The summed E-state index contributed by atoms with van der Waals surface area (Å²) in [5.74, 6) is -0.706. The number of amides is 2. The Balaban J connectivity index is 1.48. The standard InChI is InChI=1S/C28H36N4O4/c1-31(15-11-21-9-13-29-14-10-21)27(35)22-7-8-23-19-32(16-12-20-5-3-2-4-6-20)28(36)25(18-26(33)34)30-24(23)17-22/h7-10,13-14,17,20,25,30H,2-6,11-12,15-16,18-19H2,1H3,(H,33,34). The number of hydrogen-bond donors (Lipinski definition) is 2. The van der Waals surface area contributed by atoms with Gasteiger partial charge in [0.2, 0.25) is 5.91 Å². The smallest absolute Gasteiger partial charge is 0.305 e. The van der Waals surface area contributed by atoms with Gasteiger partial charge in [-0.25, -0.2) is 0 Å². The van der Waals surface area contributed by atoms with Crippen molar-refractivity contribution in [1.82, 2.24) is 14.8 Å². The van der Waals surface area contributed by atoms with Gasteiger partial charge in [-0.05, 0) is 54.2 Å². The Morgan fingerprint density at radius 3 is 2.61 bits per heavy atom. The van der Waals surface area contributed by atoms with Crippen molar-refractivity contribution in [3.63, 3.8) is 0 Å². The second-order valence-electron chi connectivity index (χ2n) is 10.1. The van der Waals surface area contributed by atoms with Crippen molar-refractivity contribution in [3.8, 4) is 0 Å². The predicted octanol–water partition coefficient (Wildman–Crippen LogP) is 3.96. The molecule has 0 spiro atoms.